The molecule has 1 unspecified atom stereocenters. The van der Waals surface area contributed by atoms with Crippen molar-refractivity contribution >= 4 is 15.9 Å². The number of nitrogens with zero attached hydrogens (tertiary/aromatic N) is 1. The predicted molar refractivity (Wildman–Crippen MR) is 99.3 cm³/mol. The van der Waals surface area contributed by atoms with Crippen molar-refractivity contribution in [1.82, 2.24) is 14.6 Å². The molecule has 158 valence electrons. The molecule has 2 N–H and O–H groups in total. The summed E-state index contributed by atoms with van der Waals surface area (Å²) in [5.74, 6) is -0.543. The van der Waals surface area contributed by atoms with E-state index in [2.05, 4.69) is 15.0 Å². The standard InChI is InChI=1S/C18H21F2N3O5S/c1-12(13-3-2-4-14(9-13)28-18(19)20)22-17(24)16-10-15(11-21-16)29(25,26)23-5-7-27-8-6-23/h2-4,9-12,18,21H,5-8H2,1H3,(H,22,24). The molecule has 8 nitrogen and oxygen atoms in total. The number of carbonyl (C=O) groups is 1. The molecule has 1 aliphatic rings. The lowest BCUT2D eigenvalue weighted by Crippen LogP contribution is -2.40. The number of nitrogens with one attached hydrogen (secondary N) is 2. The summed E-state index contributed by atoms with van der Waals surface area (Å²) in [5.41, 5.74) is 0.632. The van der Waals surface area contributed by atoms with Crippen molar-refractivity contribution in [2.24, 2.45) is 0 Å². The normalized spacial score (nSPS) is 16.6. The minimum atomic E-state index is -3.72. The molecule has 1 aromatic heterocycles. The number of H-pyrrole nitrogens is 1. The highest BCUT2D eigenvalue weighted by Crippen LogP contribution is 2.22. The molecule has 29 heavy (non-hydrogen) atoms. The summed E-state index contributed by atoms with van der Waals surface area (Å²) in [6.07, 6.45) is 1.27. The molecule has 1 aliphatic heterocycles. The molecule has 1 atom stereocenters. The van der Waals surface area contributed by atoms with Gasteiger partial charge in [0.2, 0.25) is 10.0 Å². The fourth-order valence-electron chi connectivity index (χ4n) is 2.91. The summed E-state index contributed by atoms with van der Waals surface area (Å²) in [4.78, 5) is 15.1. The Morgan fingerprint density at radius 3 is 2.69 bits per heavy atom. The summed E-state index contributed by atoms with van der Waals surface area (Å²) in [5, 5.41) is 2.70. The molecule has 0 bridgehead atoms. The van der Waals surface area contributed by atoms with Crippen LogP contribution in [0.2, 0.25) is 0 Å². The van der Waals surface area contributed by atoms with E-state index in [9.17, 15) is 22.0 Å². The minimum absolute atomic E-state index is 0.00969. The van der Waals surface area contributed by atoms with E-state index in [1.165, 1.54) is 34.8 Å². The van der Waals surface area contributed by atoms with Gasteiger partial charge in [-0.1, -0.05) is 12.1 Å². The van der Waals surface area contributed by atoms with E-state index in [0.717, 1.165) is 0 Å². The van der Waals surface area contributed by atoms with Gasteiger partial charge in [0.1, 0.15) is 16.3 Å². The van der Waals surface area contributed by atoms with E-state index in [1.54, 1.807) is 13.0 Å². The number of aromatic nitrogens is 1. The number of carbonyl (C=O) groups excluding carboxylic acids is 1. The second-order valence-electron chi connectivity index (χ2n) is 6.41. The van der Waals surface area contributed by atoms with E-state index in [0.29, 0.717) is 18.8 Å². The number of ether oxygens (including phenoxy) is 2. The zero-order valence-corrected chi connectivity index (χ0v) is 16.4. The van der Waals surface area contributed by atoms with Gasteiger partial charge in [-0.15, -0.1) is 0 Å². The quantitative estimate of drug-likeness (QED) is 0.702. The second-order valence-corrected chi connectivity index (χ2v) is 8.35. The highest BCUT2D eigenvalue weighted by Gasteiger charge is 2.28. The topological polar surface area (TPSA) is 101 Å². The second kappa shape index (κ2) is 8.89. The number of morpholine rings is 1. The van der Waals surface area contributed by atoms with Crippen LogP contribution in [0.1, 0.15) is 29.0 Å². The molecule has 0 aliphatic carbocycles. The van der Waals surface area contributed by atoms with Gasteiger partial charge in [-0.2, -0.15) is 13.1 Å². The van der Waals surface area contributed by atoms with E-state index >= 15 is 0 Å². The van der Waals surface area contributed by atoms with Gasteiger partial charge < -0.3 is 19.8 Å². The first-order chi connectivity index (χ1) is 13.8. The monoisotopic (exact) mass is 429 g/mol. The zero-order chi connectivity index (χ0) is 21.0. The number of alkyl halides is 2. The molecule has 2 heterocycles. The van der Waals surface area contributed by atoms with Crippen LogP contribution in [0.3, 0.4) is 0 Å². The third kappa shape index (κ3) is 5.11. The average molecular weight is 429 g/mol. The number of sulfonamides is 1. The van der Waals surface area contributed by atoms with Gasteiger partial charge in [0.25, 0.3) is 5.91 Å². The minimum Gasteiger partial charge on any atom is -0.435 e. The Morgan fingerprint density at radius 1 is 1.28 bits per heavy atom. The van der Waals surface area contributed by atoms with Crippen LogP contribution in [0.15, 0.2) is 41.4 Å². The van der Waals surface area contributed by atoms with Crippen LogP contribution in [-0.4, -0.2) is 56.5 Å². The van der Waals surface area contributed by atoms with Crippen LogP contribution in [0.25, 0.3) is 0 Å². The highest BCUT2D eigenvalue weighted by molar-refractivity contribution is 7.89. The number of amides is 1. The van der Waals surface area contributed by atoms with Gasteiger partial charge in [-0.3, -0.25) is 4.79 Å². The third-order valence-corrected chi connectivity index (χ3v) is 6.32. The molecule has 0 spiro atoms. The fourth-order valence-corrected chi connectivity index (χ4v) is 4.31. The molecule has 11 heteroatoms. The van der Waals surface area contributed by atoms with Crippen molar-refractivity contribution in [3.05, 3.63) is 47.8 Å². The Balaban J connectivity index is 1.68. The molecule has 2 aromatic rings. The Hall–Kier alpha value is -2.50. The summed E-state index contributed by atoms with van der Waals surface area (Å²) < 4.78 is 60.8. The Labute approximate surface area is 166 Å². The van der Waals surface area contributed by atoms with Crippen molar-refractivity contribution < 1.29 is 31.5 Å². The van der Waals surface area contributed by atoms with Gasteiger partial charge in [-0.25, -0.2) is 8.42 Å². The van der Waals surface area contributed by atoms with E-state index in [1.807, 2.05) is 0 Å². The first-order valence-electron chi connectivity index (χ1n) is 8.89. The lowest BCUT2D eigenvalue weighted by molar-refractivity contribution is -0.0499. The van der Waals surface area contributed by atoms with Crippen LogP contribution < -0.4 is 10.1 Å². The average Bonchev–Trinajstić information content (AvgIpc) is 3.19. The largest absolute Gasteiger partial charge is 0.435 e. The lowest BCUT2D eigenvalue weighted by Gasteiger charge is -2.25. The van der Waals surface area contributed by atoms with Crippen molar-refractivity contribution in [2.75, 3.05) is 26.3 Å². The van der Waals surface area contributed by atoms with Crippen molar-refractivity contribution in [1.29, 1.82) is 0 Å². The molecular formula is C18H21F2N3O5S. The van der Waals surface area contributed by atoms with Crippen LogP contribution in [-0.2, 0) is 14.8 Å². The van der Waals surface area contributed by atoms with Crippen LogP contribution in [0, 0.1) is 0 Å². The fraction of sp³-hybridized carbons (Fsp3) is 0.389. The number of hydrogen-bond donors (Lipinski definition) is 2. The zero-order valence-electron chi connectivity index (χ0n) is 15.6. The summed E-state index contributed by atoms with van der Waals surface area (Å²) >= 11 is 0. The highest BCUT2D eigenvalue weighted by atomic mass is 32.2. The summed E-state index contributed by atoms with van der Waals surface area (Å²) in [6, 6.07) is 6.73. The molecule has 0 radical (unpaired) electrons. The Morgan fingerprint density at radius 2 is 2.00 bits per heavy atom. The molecule has 1 amide bonds. The predicted octanol–water partition coefficient (Wildman–Crippen LogP) is 2.13. The van der Waals surface area contributed by atoms with Crippen molar-refractivity contribution in [3.63, 3.8) is 0 Å². The smallest absolute Gasteiger partial charge is 0.387 e. The molecule has 1 saturated heterocycles. The molecule has 0 saturated carbocycles. The first kappa shape index (κ1) is 21.2. The van der Waals surface area contributed by atoms with Crippen molar-refractivity contribution in [3.8, 4) is 5.75 Å². The number of rotatable bonds is 7. The summed E-state index contributed by atoms with van der Waals surface area (Å²) in [6.45, 7) is -0.119. The molecule has 1 fully saturated rings. The van der Waals surface area contributed by atoms with Gasteiger partial charge in [0, 0.05) is 19.3 Å². The van der Waals surface area contributed by atoms with Gasteiger partial charge >= 0.3 is 6.61 Å². The van der Waals surface area contributed by atoms with Crippen molar-refractivity contribution in [2.45, 2.75) is 24.5 Å². The SMILES string of the molecule is CC(NC(=O)c1cc(S(=O)(=O)N2CCOCC2)c[nH]1)c1cccc(OC(F)F)c1. The number of halogens is 2. The van der Waals surface area contributed by atoms with Gasteiger partial charge in [-0.05, 0) is 30.7 Å². The van der Waals surface area contributed by atoms with E-state index < -0.39 is 28.6 Å². The molecule has 3 rings (SSSR count). The van der Waals surface area contributed by atoms with E-state index in [-0.39, 0.29) is 29.4 Å². The number of aromatic amines is 1. The Kier molecular flexibility index (Phi) is 6.50. The first-order valence-corrected chi connectivity index (χ1v) is 10.3. The van der Waals surface area contributed by atoms with Crippen LogP contribution >= 0.6 is 0 Å². The number of hydrogen-bond acceptors (Lipinski definition) is 5. The van der Waals surface area contributed by atoms with Crippen LogP contribution in [0.4, 0.5) is 8.78 Å². The lowest BCUT2D eigenvalue weighted by atomic mass is 10.1. The van der Waals surface area contributed by atoms with Gasteiger partial charge in [0.15, 0.2) is 0 Å². The van der Waals surface area contributed by atoms with Crippen LogP contribution in [0.5, 0.6) is 5.75 Å². The molecular weight excluding hydrogens is 408 g/mol. The van der Waals surface area contributed by atoms with E-state index in [4.69, 9.17) is 4.74 Å². The maximum Gasteiger partial charge on any atom is 0.387 e. The maximum atomic E-state index is 12.6. The molecule has 1 aromatic carbocycles. The number of benzene rings is 1. The Bertz CT molecular complexity index is 958. The summed E-state index contributed by atoms with van der Waals surface area (Å²) in [7, 11) is -3.72. The van der Waals surface area contributed by atoms with Gasteiger partial charge in [0.05, 0.1) is 19.3 Å². The third-order valence-electron chi connectivity index (χ3n) is 4.44. The maximum absolute atomic E-state index is 12.6.